The number of nitrogens with two attached hydrogens (primary N) is 1. The normalized spacial score (nSPS) is 12.4. The lowest BCUT2D eigenvalue weighted by molar-refractivity contribution is 0.738. The zero-order valence-electron chi connectivity index (χ0n) is 10.8. The molecule has 2 aromatic carbocycles. The van der Waals surface area contributed by atoms with Gasteiger partial charge in [0.25, 0.3) is 0 Å². The van der Waals surface area contributed by atoms with Crippen molar-refractivity contribution in [2.75, 3.05) is 0 Å². The van der Waals surface area contributed by atoms with E-state index in [1.165, 1.54) is 11.1 Å². The lowest BCUT2D eigenvalue weighted by Gasteiger charge is -2.08. The summed E-state index contributed by atoms with van der Waals surface area (Å²) in [6.07, 6.45) is 0.912. The van der Waals surface area contributed by atoms with E-state index in [0.29, 0.717) is 0 Å². The van der Waals surface area contributed by atoms with Gasteiger partial charge >= 0.3 is 0 Å². The summed E-state index contributed by atoms with van der Waals surface area (Å²) in [5.74, 6) is 0. The molecule has 2 N–H and O–H groups in total. The monoisotopic (exact) mass is 259 g/mol. The first kappa shape index (κ1) is 13.1. The molecule has 2 rings (SSSR count). The molecule has 0 spiro atoms. The summed E-state index contributed by atoms with van der Waals surface area (Å²) in [4.78, 5) is 0. The highest BCUT2D eigenvalue weighted by atomic mass is 35.5. The SMILES string of the molecule is Cc1ccc(-c2ccc(CC(C)N)cc2)cc1Cl. The van der Waals surface area contributed by atoms with Gasteiger partial charge in [0.2, 0.25) is 0 Å². The third kappa shape index (κ3) is 3.12. The molecule has 18 heavy (non-hydrogen) atoms. The maximum atomic E-state index is 6.15. The molecule has 1 unspecified atom stereocenters. The Labute approximate surface area is 114 Å². The first-order chi connectivity index (χ1) is 8.56. The highest BCUT2D eigenvalue weighted by Crippen LogP contribution is 2.25. The Kier molecular flexibility index (Phi) is 4.05. The molecule has 0 aliphatic carbocycles. The smallest absolute Gasteiger partial charge is 0.0441 e. The van der Waals surface area contributed by atoms with Crippen LogP contribution in [0.4, 0.5) is 0 Å². The van der Waals surface area contributed by atoms with Crippen molar-refractivity contribution >= 4 is 11.6 Å². The number of hydrogen-bond donors (Lipinski definition) is 1. The minimum atomic E-state index is 0.199. The summed E-state index contributed by atoms with van der Waals surface area (Å²) in [7, 11) is 0. The van der Waals surface area contributed by atoms with Crippen LogP contribution < -0.4 is 5.73 Å². The Hall–Kier alpha value is -1.31. The molecule has 0 saturated carbocycles. The average molecular weight is 260 g/mol. The van der Waals surface area contributed by atoms with E-state index in [9.17, 15) is 0 Å². The van der Waals surface area contributed by atoms with E-state index in [4.69, 9.17) is 17.3 Å². The van der Waals surface area contributed by atoms with Crippen LogP contribution in [-0.4, -0.2) is 6.04 Å². The number of hydrogen-bond acceptors (Lipinski definition) is 1. The van der Waals surface area contributed by atoms with E-state index < -0.39 is 0 Å². The van der Waals surface area contributed by atoms with Gasteiger partial charge in [-0.3, -0.25) is 0 Å². The molecule has 0 aromatic heterocycles. The molecule has 0 heterocycles. The largest absolute Gasteiger partial charge is 0.328 e. The fourth-order valence-corrected chi connectivity index (χ4v) is 2.16. The van der Waals surface area contributed by atoms with Crippen LogP contribution in [-0.2, 0) is 6.42 Å². The van der Waals surface area contributed by atoms with Crippen LogP contribution >= 0.6 is 11.6 Å². The van der Waals surface area contributed by atoms with Crippen LogP contribution in [0.25, 0.3) is 11.1 Å². The zero-order chi connectivity index (χ0) is 13.1. The Bertz CT molecular complexity index is 529. The molecule has 2 aromatic rings. The molecule has 0 radical (unpaired) electrons. The molecule has 0 bridgehead atoms. The fourth-order valence-electron chi connectivity index (χ4n) is 1.98. The minimum absolute atomic E-state index is 0.199. The van der Waals surface area contributed by atoms with Crippen molar-refractivity contribution in [3.8, 4) is 11.1 Å². The van der Waals surface area contributed by atoms with Gasteiger partial charge in [-0.05, 0) is 48.6 Å². The van der Waals surface area contributed by atoms with Crippen molar-refractivity contribution in [2.24, 2.45) is 5.73 Å². The molecule has 2 heteroatoms. The van der Waals surface area contributed by atoms with Gasteiger partial charge in [-0.1, -0.05) is 48.0 Å². The minimum Gasteiger partial charge on any atom is -0.328 e. The van der Waals surface area contributed by atoms with Crippen molar-refractivity contribution in [3.05, 3.63) is 58.6 Å². The molecule has 0 aliphatic heterocycles. The summed E-state index contributed by atoms with van der Waals surface area (Å²) >= 11 is 6.15. The van der Waals surface area contributed by atoms with E-state index in [-0.39, 0.29) is 6.04 Å². The average Bonchev–Trinajstić information content (AvgIpc) is 2.33. The van der Waals surface area contributed by atoms with Crippen molar-refractivity contribution in [1.82, 2.24) is 0 Å². The van der Waals surface area contributed by atoms with E-state index in [2.05, 4.69) is 30.3 Å². The molecule has 0 fully saturated rings. The summed E-state index contributed by atoms with van der Waals surface area (Å²) in [6.45, 7) is 4.03. The van der Waals surface area contributed by atoms with Crippen molar-refractivity contribution < 1.29 is 0 Å². The fraction of sp³-hybridized carbons (Fsp3) is 0.250. The van der Waals surface area contributed by atoms with Crippen molar-refractivity contribution in [1.29, 1.82) is 0 Å². The van der Waals surface area contributed by atoms with E-state index >= 15 is 0 Å². The molecule has 1 atom stereocenters. The Morgan fingerprint density at radius 1 is 1.06 bits per heavy atom. The molecule has 0 saturated heterocycles. The number of rotatable bonds is 3. The van der Waals surface area contributed by atoms with Crippen LogP contribution in [0.5, 0.6) is 0 Å². The lowest BCUT2D eigenvalue weighted by Crippen LogP contribution is -2.17. The quantitative estimate of drug-likeness (QED) is 0.878. The first-order valence-corrected chi connectivity index (χ1v) is 6.55. The molecule has 1 nitrogen and oxygen atoms in total. The summed E-state index contributed by atoms with van der Waals surface area (Å²) in [6, 6.07) is 14.9. The van der Waals surface area contributed by atoms with E-state index in [1.807, 2.05) is 26.0 Å². The van der Waals surface area contributed by atoms with Crippen molar-refractivity contribution in [3.63, 3.8) is 0 Å². The third-order valence-electron chi connectivity index (χ3n) is 3.02. The van der Waals surface area contributed by atoms with Crippen molar-refractivity contribution in [2.45, 2.75) is 26.3 Å². The van der Waals surface area contributed by atoms with E-state index in [1.54, 1.807) is 0 Å². The van der Waals surface area contributed by atoms with Crippen LogP contribution in [0.15, 0.2) is 42.5 Å². The second kappa shape index (κ2) is 5.55. The Balaban J connectivity index is 2.25. The van der Waals surface area contributed by atoms with Crippen LogP contribution in [0.3, 0.4) is 0 Å². The maximum Gasteiger partial charge on any atom is 0.0441 e. The van der Waals surface area contributed by atoms with Gasteiger partial charge in [0.1, 0.15) is 0 Å². The molecule has 0 amide bonds. The second-order valence-corrected chi connectivity index (χ2v) is 5.25. The highest BCUT2D eigenvalue weighted by Gasteiger charge is 2.02. The predicted molar refractivity (Wildman–Crippen MR) is 79.0 cm³/mol. The standard InChI is InChI=1S/C16H18ClN/c1-11-3-6-15(10-16(11)17)14-7-4-13(5-8-14)9-12(2)18/h3-8,10,12H,9,18H2,1-2H3. The Morgan fingerprint density at radius 3 is 2.22 bits per heavy atom. The van der Waals surface area contributed by atoms with Crippen LogP contribution in [0.1, 0.15) is 18.1 Å². The molecule has 0 aliphatic rings. The molecular weight excluding hydrogens is 242 g/mol. The van der Waals surface area contributed by atoms with Gasteiger partial charge in [-0.25, -0.2) is 0 Å². The number of benzene rings is 2. The lowest BCUT2D eigenvalue weighted by atomic mass is 10.0. The zero-order valence-corrected chi connectivity index (χ0v) is 11.5. The predicted octanol–water partition coefficient (Wildman–Crippen LogP) is 4.21. The van der Waals surface area contributed by atoms with Gasteiger partial charge in [-0.2, -0.15) is 0 Å². The highest BCUT2D eigenvalue weighted by molar-refractivity contribution is 6.31. The molecular formula is C16H18ClN. The first-order valence-electron chi connectivity index (χ1n) is 6.17. The van der Waals surface area contributed by atoms with Crippen LogP contribution in [0, 0.1) is 6.92 Å². The van der Waals surface area contributed by atoms with E-state index in [0.717, 1.165) is 22.6 Å². The summed E-state index contributed by atoms with van der Waals surface area (Å²) in [5, 5.41) is 0.812. The van der Waals surface area contributed by atoms with Gasteiger partial charge < -0.3 is 5.73 Å². The maximum absolute atomic E-state index is 6.15. The van der Waals surface area contributed by atoms with Gasteiger partial charge in [0.15, 0.2) is 0 Å². The Morgan fingerprint density at radius 2 is 1.67 bits per heavy atom. The van der Waals surface area contributed by atoms with Gasteiger partial charge in [0.05, 0.1) is 0 Å². The third-order valence-corrected chi connectivity index (χ3v) is 3.42. The molecule has 94 valence electrons. The summed E-state index contributed by atoms with van der Waals surface area (Å²) < 4.78 is 0. The number of aryl methyl sites for hydroxylation is 1. The second-order valence-electron chi connectivity index (χ2n) is 4.84. The van der Waals surface area contributed by atoms with Gasteiger partial charge in [0, 0.05) is 11.1 Å². The van der Waals surface area contributed by atoms with Crippen LogP contribution in [0.2, 0.25) is 5.02 Å². The summed E-state index contributed by atoms with van der Waals surface area (Å²) in [5.41, 5.74) is 10.5. The number of halogens is 1. The van der Waals surface area contributed by atoms with Gasteiger partial charge in [-0.15, -0.1) is 0 Å². The topological polar surface area (TPSA) is 26.0 Å².